The van der Waals surface area contributed by atoms with Crippen LogP contribution in [-0.2, 0) is 23.4 Å². The van der Waals surface area contributed by atoms with E-state index in [1.807, 2.05) is 6.07 Å². The Hall–Kier alpha value is -3.58. The number of aliphatic hydroxyl groups excluding tert-OH is 1. The van der Waals surface area contributed by atoms with Crippen molar-refractivity contribution in [2.24, 2.45) is 0 Å². The second-order valence-corrected chi connectivity index (χ2v) is 11.9. The predicted molar refractivity (Wildman–Crippen MR) is 143 cm³/mol. The normalized spacial score (nSPS) is 19.3. The fourth-order valence-corrected chi connectivity index (χ4v) is 5.87. The molecule has 0 radical (unpaired) electrons. The summed E-state index contributed by atoms with van der Waals surface area (Å²) in [6.45, 7) is 0.393. The summed E-state index contributed by atoms with van der Waals surface area (Å²) in [7, 11) is -2.69. The van der Waals surface area contributed by atoms with Gasteiger partial charge in [-0.15, -0.1) is 0 Å². The molecular formula is C26H28F3N6O5P. The topological polar surface area (TPSA) is 161 Å². The lowest BCUT2D eigenvalue weighted by Gasteiger charge is -2.27. The minimum Gasteiger partial charge on any atom is -0.393 e. The van der Waals surface area contributed by atoms with Crippen molar-refractivity contribution in [2.75, 3.05) is 17.7 Å². The number of hydrogen-bond donors (Lipinski definition) is 5. The highest BCUT2D eigenvalue weighted by molar-refractivity contribution is 7.50. The number of carbonyl (C=O) groups excluding carboxylic acids is 1. The van der Waals surface area contributed by atoms with E-state index in [-0.39, 0.29) is 35.3 Å². The van der Waals surface area contributed by atoms with E-state index in [1.54, 1.807) is 18.0 Å². The summed E-state index contributed by atoms with van der Waals surface area (Å²) in [5.41, 5.74) is 1.69. The molecule has 218 valence electrons. The Bertz CT molecular complexity index is 1510. The number of halogens is 3. The molecule has 3 heterocycles. The number of carbonyl (C=O) groups is 1. The van der Waals surface area contributed by atoms with Gasteiger partial charge in [0.2, 0.25) is 5.95 Å². The maximum Gasteiger partial charge on any atom is 0.421 e. The SMILES string of the molecule is CN1Cc2c(c(Nc3ncc(C(F)(F)F)c(Nc4ccc(CP(=O)(O)O)nc4)n3)ccc2[C@H]2CC[C@H](O)CC2)C1=O. The van der Waals surface area contributed by atoms with Gasteiger partial charge in [-0.1, -0.05) is 6.07 Å². The van der Waals surface area contributed by atoms with Crippen LogP contribution in [0.1, 0.15) is 64.3 Å². The standard InChI is InChI=1S/C26H28F3N6O5P/c1-35-12-19-18(14-2-6-17(36)7-3-14)8-9-21(22(19)24(35)37)33-25-31-11-20(26(27,28)29)23(34-25)32-15-4-5-16(30-10-15)13-41(38,39)40/h4-5,8-11,14,17,36H,2-3,6-7,12-13H2,1H3,(H2,38,39,40)(H2,31,32,33,34)/t14-,17-. The number of pyridine rings is 1. The number of anilines is 4. The summed E-state index contributed by atoms with van der Waals surface area (Å²) in [5, 5.41) is 15.4. The Morgan fingerprint density at radius 3 is 2.41 bits per heavy atom. The van der Waals surface area contributed by atoms with Gasteiger partial charge in [-0.2, -0.15) is 18.2 Å². The minimum atomic E-state index is -4.79. The third-order valence-electron chi connectivity index (χ3n) is 7.24. The molecule has 0 atom stereocenters. The van der Waals surface area contributed by atoms with E-state index in [9.17, 15) is 27.6 Å². The van der Waals surface area contributed by atoms with Gasteiger partial charge < -0.3 is 30.4 Å². The molecule has 1 aromatic carbocycles. The monoisotopic (exact) mass is 592 g/mol. The summed E-state index contributed by atoms with van der Waals surface area (Å²) in [4.78, 5) is 44.7. The minimum absolute atomic E-state index is 0.0707. The second kappa shape index (κ2) is 11.0. The molecule has 15 heteroatoms. The van der Waals surface area contributed by atoms with Crippen molar-refractivity contribution >= 4 is 36.6 Å². The number of rotatable bonds is 7. The van der Waals surface area contributed by atoms with Crippen molar-refractivity contribution in [3.05, 3.63) is 64.6 Å². The average molecular weight is 593 g/mol. The number of amides is 1. The Morgan fingerprint density at radius 1 is 1.05 bits per heavy atom. The highest BCUT2D eigenvalue weighted by Crippen LogP contribution is 2.42. The Morgan fingerprint density at radius 2 is 1.78 bits per heavy atom. The molecule has 0 bridgehead atoms. The molecule has 1 fully saturated rings. The van der Waals surface area contributed by atoms with Crippen LogP contribution in [0, 0.1) is 0 Å². The molecule has 11 nitrogen and oxygen atoms in total. The second-order valence-electron chi connectivity index (χ2n) is 10.3. The number of fused-ring (bicyclic) bond motifs is 1. The number of aromatic nitrogens is 3. The predicted octanol–water partition coefficient (Wildman–Crippen LogP) is 4.66. The number of nitrogens with one attached hydrogen (secondary N) is 2. The summed E-state index contributed by atoms with van der Waals surface area (Å²) >= 11 is 0. The summed E-state index contributed by atoms with van der Waals surface area (Å²) in [6, 6.07) is 6.23. The van der Waals surface area contributed by atoms with E-state index in [4.69, 9.17) is 9.79 Å². The Kier molecular flexibility index (Phi) is 7.77. The summed E-state index contributed by atoms with van der Waals surface area (Å²) in [5.74, 6) is -0.783. The van der Waals surface area contributed by atoms with Crippen LogP contribution in [-0.4, -0.2) is 53.8 Å². The van der Waals surface area contributed by atoms with Crippen molar-refractivity contribution in [2.45, 2.75) is 56.6 Å². The van der Waals surface area contributed by atoms with Crippen LogP contribution in [0.2, 0.25) is 0 Å². The molecule has 3 aromatic rings. The number of benzene rings is 1. The quantitative estimate of drug-likeness (QED) is 0.244. The molecule has 0 saturated heterocycles. The first-order valence-electron chi connectivity index (χ1n) is 12.9. The first-order valence-corrected chi connectivity index (χ1v) is 14.7. The largest absolute Gasteiger partial charge is 0.421 e. The molecule has 1 aliphatic heterocycles. The zero-order valence-corrected chi connectivity index (χ0v) is 22.8. The first-order chi connectivity index (χ1) is 19.3. The molecule has 41 heavy (non-hydrogen) atoms. The highest BCUT2D eigenvalue weighted by Gasteiger charge is 2.36. The van der Waals surface area contributed by atoms with Crippen molar-refractivity contribution in [1.82, 2.24) is 19.9 Å². The van der Waals surface area contributed by atoms with Gasteiger partial charge >= 0.3 is 13.8 Å². The van der Waals surface area contributed by atoms with Crippen LogP contribution in [0.15, 0.2) is 36.7 Å². The molecule has 1 amide bonds. The van der Waals surface area contributed by atoms with Gasteiger partial charge in [-0.3, -0.25) is 14.3 Å². The molecule has 5 N–H and O–H groups in total. The maximum atomic E-state index is 13.8. The molecule has 0 spiro atoms. The van der Waals surface area contributed by atoms with E-state index in [2.05, 4.69) is 25.6 Å². The maximum absolute atomic E-state index is 13.8. The van der Waals surface area contributed by atoms with Gasteiger partial charge in [-0.25, -0.2) is 4.98 Å². The molecule has 1 aliphatic carbocycles. The third kappa shape index (κ3) is 6.51. The lowest BCUT2D eigenvalue weighted by Crippen LogP contribution is -2.18. The van der Waals surface area contributed by atoms with E-state index in [0.29, 0.717) is 36.8 Å². The fraction of sp³-hybridized carbons (Fsp3) is 0.385. The van der Waals surface area contributed by atoms with Crippen LogP contribution in [0.3, 0.4) is 0 Å². The van der Waals surface area contributed by atoms with E-state index < -0.39 is 31.3 Å². The average Bonchev–Trinajstić information content (AvgIpc) is 3.19. The summed E-state index contributed by atoms with van der Waals surface area (Å²) < 4.78 is 52.5. The van der Waals surface area contributed by atoms with E-state index >= 15 is 0 Å². The Balaban J connectivity index is 1.45. The van der Waals surface area contributed by atoms with Gasteiger partial charge in [0.15, 0.2) is 0 Å². The van der Waals surface area contributed by atoms with Gasteiger partial charge in [0.1, 0.15) is 11.4 Å². The van der Waals surface area contributed by atoms with Gasteiger partial charge in [0.25, 0.3) is 5.91 Å². The van der Waals surface area contributed by atoms with Crippen molar-refractivity contribution < 1.29 is 37.4 Å². The smallest absolute Gasteiger partial charge is 0.393 e. The number of aliphatic hydroxyl groups is 1. The van der Waals surface area contributed by atoms with E-state index in [0.717, 1.165) is 30.2 Å². The van der Waals surface area contributed by atoms with Crippen LogP contribution in [0.25, 0.3) is 0 Å². The lowest BCUT2D eigenvalue weighted by atomic mass is 9.80. The van der Waals surface area contributed by atoms with Crippen molar-refractivity contribution in [3.63, 3.8) is 0 Å². The van der Waals surface area contributed by atoms with E-state index in [1.165, 1.54) is 12.1 Å². The van der Waals surface area contributed by atoms with Crippen LogP contribution in [0.5, 0.6) is 0 Å². The first kappa shape index (κ1) is 28.9. The zero-order valence-electron chi connectivity index (χ0n) is 21.9. The number of alkyl halides is 3. The molecule has 2 aliphatic rings. The van der Waals surface area contributed by atoms with Gasteiger partial charge in [0.05, 0.1) is 41.1 Å². The van der Waals surface area contributed by atoms with Gasteiger partial charge in [-0.05, 0) is 60.9 Å². The fourth-order valence-electron chi connectivity index (χ4n) is 5.26. The van der Waals surface area contributed by atoms with Crippen LogP contribution < -0.4 is 10.6 Å². The van der Waals surface area contributed by atoms with Crippen molar-refractivity contribution in [3.8, 4) is 0 Å². The Labute approximate surface area is 233 Å². The molecule has 1 saturated carbocycles. The van der Waals surface area contributed by atoms with Crippen molar-refractivity contribution in [1.29, 1.82) is 0 Å². The van der Waals surface area contributed by atoms with Crippen LogP contribution in [0.4, 0.5) is 36.3 Å². The lowest BCUT2D eigenvalue weighted by molar-refractivity contribution is -0.137. The third-order valence-corrected chi connectivity index (χ3v) is 7.97. The number of hydrogen-bond acceptors (Lipinski definition) is 8. The highest BCUT2D eigenvalue weighted by atomic mass is 31.2. The summed E-state index contributed by atoms with van der Waals surface area (Å²) in [6.07, 6.45) is -0.993. The van der Waals surface area contributed by atoms with Gasteiger partial charge in [0, 0.05) is 19.8 Å². The molecule has 5 rings (SSSR count). The molecular weight excluding hydrogens is 564 g/mol. The molecule has 0 unspecified atom stereocenters. The van der Waals surface area contributed by atoms with Crippen LogP contribution >= 0.6 is 7.60 Å². The zero-order chi connectivity index (χ0) is 29.5. The molecule has 2 aromatic heterocycles. The number of nitrogens with zero attached hydrogens (tertiary/aromatic N) is 4.